The second kappa shape index (κ2) is 16.0. The first-order valence-corrected chi connectivity index (χ1v) is 21.0. The van der Waals surface area contributed by atoms with Gasteiger partial charge in [-0.1, -0.05) is 6.07 Å². The fourth-order valence-electron chi connectivity index (χ4n) is 9.77. The van der Waals surface area contributed by atoms with Gasteiger partial charge in [-0.05, 0) is 111 Å². The molecular formula is C45H49FN8O7. The molecule has 4 aliphatic heterocycles. The van der Waals surface area contributed by atoms with Crippen LogP contribution in [-0.4, -0.2) is 115 Å². The van der Waals surface area contributed by atoms with Gasteiger partial charge in [0.15, 0.2) is 0 Å². The van der Waals surface area contributed by atoms with E-state index in [1.807, 2.05) is 26.1 Å². The number of likely N-dealkylation sites (N-methyl/N-ethyl adjacent to an activating group) is 1. The Morgan fingerprint density at radius 3 is 2.57 bits per heavy atom. The van der Waals surface area contributed by atoms with E-state index in [1.165, 1.54) is 6.07 Å². The molecule has 1 spiro atoms. The van der Waals surface area contributed by atoms with Crippen LogP contribution < -0.4 is 25.2 Å². The van der Waals surface area contributed by atoms with Crippen molar-refractivity contribution in [2.24, 2.45) is 11.3 Å². The van der Waals surface area contributed by atoms with E-state index in [-0.39, 0.29) is 30.2 Å². The van der Waals surface area contributed by atoms with Crippen LogP contribution in [0.1, 0.15) is 60.0 Å². The number of fused-ring (bicyclic) bond motifs is 2. The Bertz CT molecular complexity index is 2440. The van der Waals surface area contributed by atoms with Gasteiger partial charge in [0.05, 0.1) is 6.54 Å². The topological polar surface area (TPSA) is 167 Å². The van der Waals surface area contributed by atoms with E-state index in [4.69, 9.17) is 9.47 Å². The maximum absolute atomic E-state index is 15.4. The van der Waals surface area contributed by atoms with Crippen molar-refractivity contribution in [3.63, 3.8) is 0 Å². The summed E-state index contributed by atoms with van der Waals surface area (Å²) >= 11 is 0. The fraction of sp³-hybridized carbons (Fsp3) is 0.444. The van der Waals surface area contributed by atoms with Gasteiger partial charge in [0, 0.05) is 79.2 Å². The molecule has 15 nitrogen and oxygen atoms in total. The Kier molecular flexibility index (Phi) is 10.6. The molecule has 9 rings (SSSR count). The lowest BCUT2D eigenvalue weighted by Gasteiger charge is -2.52. The van der Waals surface area contributed by atoms with Gasteiger partial charge in [0.25, 0.3) is 5.91 Å². The molecule has 2 aromatic carbocycles. The monoisotopic (exact) mass is 832 g/mol. The zero-order valence-electron chi connectivity index (χ0n) is 34.5. The van der Waals surface area contributed by atoms with Crippen LogP contribution in [0.2, 0.25) is 0 Å². The van der Waals surface area contributed by atoms with Crippen LogP contribution in [0.4, 0.5) is 26.4 Å². The molecule has 2 aromatic heterocycles. The average Bonchev–Trinajstić information content (AvgIpc) is 3.20. The van der Waals surface area contributed by atoms with Crippen molar-refractivity contribution in [2.45, 2.75) is 64.5 Å². The van der Waals surface area contributed by atoms with Crippen LogP contribution in [0.25, 0.3) is 21.9 Å². The molecule has 0 bridgehead atoms. The molecule has 1 atom stereocenters. The molecule has 1 unspecified atom stereocenters. The van der Waals surface area contributed by atoms with E-state index < -0.39 is 29.9 Å². The third kappa shape index (κ3) is 7.84. The number of hydrogen-bond donors (Lipinski definition) is 2. The first kappa shape index (κ1) is 40.3. The van der Waals surface area contributed by atoms with Crippen molar-refractivity contribution in [3.8, 4) is 17.0 Å². The number of halogens is 1. The number of nitrogens with one attached hydrogen (secondary N) is 2. The van der Waals surface area contributed by atoms with Gasteiger partial charge < -0.3 is 24.2 Å². The quantitative estimate of drug-likeness (QED) is 0.167. The van der Waals surface area contributed by atoms with Crippen molar-refractivity contribution >= 4 is 58.2 Å². The summed E-state index contributed by atoms with van der Waals surface area (Å²) in [6, 6.07) is 9.54. The maximum Gasteiger partial charge on any atom is 0.413 e. The van der Waals surface area contributed by atoms with Gasteiger partial charge >= 0.3 is 6.09 Å². The predicted octanol–water partition coefficient (Wildman–Crippen LogP) is 5.21. The SMILES string of the molecule is Cc1ccc(N2CC(CN3CCC4(CC3)CC(OC(=O)Nc3cc5cc(-c6cnc7c(c6C)N(C)CCO7)c(F)cc5cn3)C4)C2)cc1C(=O)N(C=O)C1CCC(=O)NC1=O. The molecule has 4 fully saturated rings. The molecule has 5 amide bonds. The number of nitrogens with zero attached hydrogens (tertiary/aromatic N) is 6. The molecule has 1 saturated carbocycles. The fourth-order valence-corrected chi connectivity index (χ4v) is 9.77. The normalized spacial score (nSPS) is 20.3. The molecule has 1 aliphatic carbocycles. The summed E-state index contributed by atoms with van der Waals surface area (Å²) in [5, 5.41) is 6.33. The number of rotatable bonds is 9. The molecule has 61 heavy (non-hydrogen) atoms. The highest BCUT2D eigenvalue weighted by Crippen LogP contribution is 2.50. The minimum atomic E-state index is -1.02. The molecule has 6 heterocycles. The average molecular weight is 833 g/mol. The number of carbonyl (C=O) groups excluding carboxylic acids is 5. The Balaban J connectivity index is 0.736. The summed E-state index contributed by atoms with van der Waals surface area (Å²) in [6.45, 7) is 9.63. The number of aromatic nitrogens is 2. The number of benzene rings is 2. The Hall–Kier alpha value is -6.16. The maximum atomic E-state index is 15.4. The number of piperidine rings is 2. The highest BCUT2D eigenvalue weighted by Gasteiger charge is 2.48. The molecule has 5 aliphatic rings. The van der Waals surface area contributed by atoms with Crippen LogP contribution in [0.15, 0.2) is 48.8 Å². The van der Waals surface area contributed by atoms with E-state index in [1.54, 1.807) is 37.5 Å². The number of aryl methyl sites for hydroxylation is 1. The summed E-state index contributed by atoms with van der Waals surface area (Å²) in [5.74, 6) is -0.649. The summed E-state index contributed by atoms with van der Waals surface area (Å²) in [4.78, 5) is 78.9. The van der Waals surface area contributed by atoms with Crippen LogP contribution in [0, 0.1) is 31.0 Å². The largest absolute Gasteiger partial charge is 0.474 e. The molecule has 16 heteroatoms. The van der Waals surface area contributed by atoms with E-state index in [0.29, 0.717) is 64.8 Å². The summed E-state index contributed by atoms with van der Waals surface area (Å²) < 4.78 is 27.0. The summed E-state index contributed by atoms with van der Waals surface area (Å²) in [6.07, 6.45) is 6.76. The van der Waals surface area contributed by atoms with Crippen molar-refractivity contribution in [3.05, 3.63) is 71.3 Å². The molecule has 3 saturated heterocycles. The summed E-state index contributed by atoms with van der Waals surface area (Å²) in [5.41, 5.74) is 4.93. The third-order valence-corrected chi connectivity index (χ3v) is 13.3. The number of anilines is 3. The molecule has 4 aromatic rings. The van der Waals surface area contributed by atoms with Gasteiger partial charge in [-0.15, -0.1) is 0 Å². The van der Waals surface area contributed by atoms with Crippen molar-refractivity contribution < 1.29 is 37.8 Å². The molecule has 0 radical (unpaired) electrons. The van der Waals surface area contributed by atoms with Gasteiger partial charge in [-0.25, -0.2) is 19.2 Å². The number of amides is 5. The minimum absolute atomic E-state index is 0.0683. The van der Waals surface area contributed by atoms with Gasteiger partial charge in [-0.2, -0.15) is 0 Å². The number of hydrogen-bond acceptors (Lipinski definition) is 12. The number of imide groups is 2. The highest BCUT2D eigenvalue weighted by molar-refractivity contribution is 6.08. The second-order valence-corrected chi connectivity index (χ2v) is 17.4. The Labute approximate surface area is 352 Å². The van der Waals surface area contributed by atoms with Crippen molar-refractivity contribution in [1.82, 2.24) is 25.1 Å². The van der Waals surface area contributed by atoms with Crippen LogP contribution in [0.3, 0.4) is 0 Å². The van der Waals surface area contributed by atoms with Gasteiger partial charge in [-0.3, -0.25) is 34.7 Å². The van der Waals surface area contributed by atoms with E-state index in [0.717, 1.165) is 85.6 Å². The Morgan fingerprint density at radius 1 is 1.03 bits per heavy atom. The predicted molar refractivity (Wildman–Crippen MR) is 225 cm³/mol. The lowest BCUT2D eigenvalue weighted by Crippen LogP contribution is -2.55. The minimum Gasteiger partial charge on any atom is -0.474 e. The number of pyridine rings is 2. The standard InChI is InChI=1S/C45H49FN8O7/c1-26-4-5-31(17-33(26)43(58)54(25-55)37-6-7-39(56)50-41(37)57)53-23-28(24-53)22-52-10-8-45(9-11-52)18-32(19-45)61-44(59)49-38-16-29-14-34(36(46)15-30(29)20-47-38)35-21-48-42-40(27(35)2)51(3)12-13-60-42/h4-5,14-17,20-21,25,28,32,37H,6-13,18-19,22-24H2,1-3H3,(H,47,49,59)(H,50,56,57). The van der Waals surface area contributed by atoms with Crippen molar-refractivity contribution in [2.75, 3.05) is 68.0 Å². The number of likely N-dealkylation sites (tertiary alicyclic amines) is 1. The number of ether oxygens (including phenoxy) is 2. The molecular weight excluding hydrogens is 784 g/mol. The Morgan fingerprint density at radius 2 is 1.82 bits per heavy atom. The van der Waals surface area contributed by atoms with Crippen molar-refractivity contribution in [1.29, 1.82) is 0 Å². The van der Waals surface area contributed by atoms with Gasteiger partial charge in [0.2, 0.25) is 24.1 Å². The zero-order valence-corrected chi connectivity index (χ0v) is 34.5. The number of carbonyl (C=O) groups is 5. The van der Waals surface area contributed by atoms with E-state index >= 15 is 4.39 Å². The summed E-state index contributed by atoms with van der Waals surface area (Å²) in [7, 11) is 1.97. The molecule has 318 valence electrons. The zero-order chi connectivity index (χ0) is 42.6. The first-order valence-electron chi connectivity index (χ1n) is 21.0. The van der Waals surface area contributed by atoms with E-state index in [9.17, 15) is 24.0 Å². The lowest BCUT2D eigenvalue weighted by molar-refractivity contribution is -0.139. The van der Waals surface area contributed by atoms with Crippen LogP contribution >= 0.6 is 0 Å². The second-order valence-electron chi connectivity index (χ2n) is 17.4. The third-order valence-electron chi connectivity index (χ3n) is 13.3. The molecule has 2 N–H and O–H groups in total. The van der Waals surface area contributed by atoms with Crippen LogP contribution in [-0.2, 0) is 19.1 Å². The smallest absolute Gasteiger partial charge is 0.413 e. The highest BCUT2D eigenvalue weighted by atomic mass is 19.1. The van der Waals surface area contributed by atoms with Gasteiger partial charge in [0.1, 0.15) is 36.1 Å². The first-order chi connectivity index (χ1) is 29.4. The lowest BCUT2D eigenvalue weighted by atomic mass is 9.61. The van der Waals surface area contributed by atoms with Crippen LogP contribution in [0.5, 0.6) is 5.88 Å². The van der Waals surface area contributed by atoms with E-state index in [2.05, 4.69) is 35.3 Å².